The maximum absolute atomic E-state index is 13.3. The van der Waals surface area contributed by atoms with Crippen LogP contribution < -0.4 is 10.2 Å². The van der Waals surface area contributed by atoms with E-state index in [1.165, 1.54) is 5.56 Å². The molecule has 0 bridgehead atoms. The molecule has 0 unspecified atom stereocenters. The predicted octanol–water partition coefficient (Wildman–Crippen LogP) is 3.08. The average molecular weight is 419 g/mol. The van der Waals surface area contributed by atoms with Gasteiger partial charge in [0, 0.05) is 32.7 Å². The minimum Gasteiger partial charge on any atom is -0.322 e. The first-order chi connectivity index (χ1) is 14.9. The Kier molecular flexibility index (Phi) is 6.20. The molecule has 0 atom stereocenters. The summed E-state index contributed by atoms with van der Waals surface area (Å²) in [5.74, 6) is -0.195. The molecule has 6 nitrogen and oxygen atoms in total. The molecule has 1 saturated heterocycles. The van der Waals surface area contributed by atoms with Gasteiger partial charge >= 0.3 is 0 Å². The zero-order chi connectivity index (χ0) is 21.8. The number of benzene rings is 2. The van der Waals surface area contributed by atoms with E-state index in [2.05, 4.69) is 39.4 Å². The van der Waals surface area contributed by atoms with Crippen molar-refractivity contribution in [2.45, 2.75) is 19.4 Å². The van der Waals surface area contributed by atoms with Gasteiger partial charge in [-0.05, 0) is 31.5 Å². The van der Waals surface area contributed by atoms with Crippen molar-refractivity contribution in [3.8, 4) is 0 Å². The summed E-state index contributed by atoms with van der Waals surface area (Å²) in [6.45, 7) is 8.35. The SMILES string of the molecule is CC1(C)C(=O)Nc2ccccc2N1C(=O)CN1CCN(C/C=C/c2ccccc2)CC1. The van der Waals surface area contributed by atoms with Gasteiger partial charge in [-0.25, -0.2) is 0 Å². The molecule has 4 rings (SSSR count). The second-order valence-electron chi connectivity index (χ2n) is 8.65. The van der Waals surface area contributed by atoms with Crippen molar-refractivity contribution in [3.05, 3.63) is 66.2 Å². The molecule has 0 aromatic heterocycles. The number of carbonyl (C=O) groups is 2. The lowest BCUT2D eigenvalue weighted by molar-refractivity contribution is -0.127. The van der Waals surface area contributed by atoms with Crippen molar-refractivity contribution < 1.29 is 9.59 Å². The summed E-state index contributed by atoms with van der Waals surface area (Å²) < 4.78 is 0. The second-order valence-corrected chi connectivity index (χ2v) is 8.65. The zero-order valence-corrected chi connectivity index (χ0v) is 18.3. The highest BCUT2D eigenvalue weighted by molar-refractivity contribution is 6.14. The van der Waals surface area contributed by atoms with E-state index in [-0.39, 0.29) is 11.8 Å². The first-order valence-corrected chi connectivity index (χ1v) is 10.8. The van der Waals surface area contributed by atoms with Gasteiger partial charge in [0.25, 0.3) is 0 Å². The monoisotopic (exact) mass is 418 g/mol. The molecule has 162 valence electrons. The molecule has 6 heteroatoms. The summed E-state index contributed by atoms with van der Waals surface area (Å²) in [4.78, 5) is 32.1. The van der Waals surface area contributed by atoms with Gasteiger partial charge < -0.3 is 5.32 Å². The highest BCUT2D eigenvalue weighted by atomic mass is 16.2. The van der Waals surface area contributed by atoms with Crippen molar-refractivity contribution in [2.24, 2.45) is 0 Å². The average Bonchev–Trinajstić information content (AvgIpc) is 2.76. The van der Waals surface area contributed by atoms with Crippen LogP contribution in [0.15, 0.2) is 60.7 Å². The Labute approximate surface area is 184 Å². The van der Waals surface area contributed by atoms with Gasteiger partial charge in [-0.1, -0.05) is 54.6 Å². The Morgan fingerprint density at radius 1 is 0.968 bits per heavy atom. The molecule has 1 N–H and O–H groups in total. The van der Waals surface area contributed by atoms with Gasteiger partial charge in [-0.15, -0.1) is 0 Å². The quantitative estimate of drug-likeness (QED) is 0.811. The minimum atomic E-state index is -0.921. The summed E-state index contributed by atoms with van der Waals surface area (Å²) in [5.41, 5.74) is 1.74. The predicted molar refractivity (Wildman–Crippen MR) is 125 cm³/mol. The van der Waals surface area contributed by atoms with E-state index in [9.17, 15) is 9.59 Å². The van der Waals surface area contributed by atoms with Gasteiger partial charge in [0.15, 0.2) is 0 Å². The minimum absolute atomic E-state index is 0.0373. The van der Waals surface area contributed by atoms with E-state index in [0.717, 1.165) is 38.4 Å². The first-order valence-electron chi connectivity index (χ1n) is 10.8. The van der Waals surface area contributed by atoms with Gasteiger partial charge in [0.2, 0.25) is 11.8 Å². The van der Waals surface area contributed by atoms with Gasteiger partial charge in [-0.2, -0.15) is 0 Å². The number of nitrogens with one attached hydrogen (secondary N) is 1. The molecular formula is C25H30N4O2. The number of amides is 2. The van der Waals surface area contributed by atoms with Crippen LogP contribution in [-0.4, -0.2) is 66.4 Å². The summed E-state index contributed by atoms with van der Waals surface area (Å²) >= 11 is 0. The Bertz CT molecular complexity index is 962. The van der Waals surface area contributed by atoms with Gasteiger partial charge in [0.05, 0.1) is 17.9 Å². The molecule has 0 radical (unpaired) electrons. The van der Waals surface area contributed by atoms with Gasteiger partial charge in [0.1, 0.15) is 5.54 Å². The number of fused-ring (bicyclic) bond motifs is 1. The smallest absolute Gasteiger partial charge is 0.250 e. The van der Waals surface area contributed by atoms with Crippen molar-refractivity contribution in [1.82, 2.24) is 9.80 Å². The number of carbonyl (C=O) groups excluding carboxylic acids is 2. The van der Waals surface area contributed by atoms with E-state index in [1.54, 1.807) is 18.7 Å². The lowest BCUT2D eigenvalue weighted by Gasteiger charge is -2.43. The molecule has 1 fully saturated rings. The summed E-state index contributed by atoms with van der Waals surface area (Å²) in [6, 6.07) is 17.8. The zero-order valence-electron chi connectivity index (χ0n) is 18.3. The van der Waals surface area contributed by atoms with Gasteiger partial charge in [-0.3, -0.25) is 24.3 Å². The molecular weight excluding hydrogens is 388 g/mol. The molecule has 0 spiro atoms. The third kappa shape index (κ3) is 4.70. The maximum Gasteiger partial charge on any atom is 0.250 e. The molecule has 2 amide bonds. The Balaban J connectivity index is 1.34. The van der Waals surface area contributed by atoms with E-state index < -0.39 is 5.54 Å². The number of hydrogen-bond acceptors (Lipinski definition) is 4. The van der Waals surface area contributed by atoms with E-state index in [0.29, 0.717) is 12.2 Å². The van der Waals surface area contributed by atoms with Crippen LogP contribution in [0.1, 0.15) is 19.4 Å². The van der Waals surface area contributed by atoms with Crippen LogP contribution >= 0.6 is 0 Å². The summed E-state index contributed by atoms with van der Waals surface area (Å²) in [5, 5.41) is 2.92. The van der Waals surface area contributed by atoms with Crippen molar-refractivity contribution in [3.63, 3.8) is 0 Å². The van der Waals surface area contributed by atoms with Crippen LogP contribution in [0.25, 0.3) is 6.08 Å². The molecule has 2 aromatic rings. The van der Waals surface area contributed by atoms with Crippen LogP contribution in [0.3, 0.4) is 0 Å². The lowest BCUT2D eigenvalue weighted by atomic mass is 9.96. The Morgan fingerprint density at radius 2 is 1.61 bits per heavy atom. The fraction of sp³-hybridized carbons (Fsp3) is 0.360. The summed E-state index contributed by atoms with van der Waals surface area (Å²) in [7, 11) is 0. The normalized spacial score (nSPS) is 19.3. The van der Waals surface area contributed by atoms with Crippen LogP contribution in [-0.2, 0) is 9.59 Å². The maximum atomic E-state index is 13.3. The molecule has 31 heavy (non-hydrogen) atoms. The number of hydrogen-bond donors (Lipinski definition) is 1. The third-order valence-corrected chi connectivity index (χ3v) is 6.05. The number of nitrogens with zero attached hydrogens (tertiary/aromatic N) is 3. The fourth-order valence-electron chi connectivity index (χ4n) is 4.19. The molecule has 0 aliphatic carbocycles. The largest absolute Gasteiger partial charge is 0.322 e. The standard InChI is InChI=1S/C25H30N4O2/c1-25(2)24(31)26-21-12-6-7-13-22(21)29(25)23(30)19-28-17-15-27(16-18-28)14-8-11-20-9-4-3-5-10-20/h3-13H,14-19H2,1-2H3,(H,26,31)/b11-8+. The Hall–Kier alpha value is -2.96. The number of anilines is 2. The molecule has 2 aliphatic rings. The van der Waals surface area contributed by atoms with E-state index >= 15 is 0 Å². The molecule has 0 saturated carbocycles. The lowest BCUT2D eigenvalue weighted by Crippen LogP contribution is -2.61. The number of para-hydroxylation sites is 2. The van der Waals surface area contributed by atoms with Crippen LogP contribution in [0.2, 0.25) is 0 Å². The van der Waals surface area contributed by atoms with Crippen molar-refractivity contribution in [1.29, 1.82) is 0 Å². The van der Waals surface area contributed by atoms with Crippen molar-refractivity contribution in [2.75, 3.05) is 49.5 Å². The highest BCUT2D eigenvalue weighted by Crippen LogP contribution is 2.36. The molecule has 2 heterocycles. The Morgan fingerprint density at radius 3 is 2.35 bits per heavy atom. The van der Waals surface area contributed by atoms with Crippen LogP contribution in [0.5, 0.6) is 0 Å². The molecule has 2 aromatic carbocycles. The van der Waals surface area contributed by atoms with Crippen LogP contribution in [0, 0.1) is 0 Å². The summed E-state index contributed by atoms with van der Waals surface area (Å²) in [6.07, 6.45) is 4.35. The first kappa shape index (κ1) is 21.3. The highest BCUT2D eigenvalue weighted by Gasteiger charge is 2.43. The van der Waals surface area contributed by atoms with E-state index in [4.69, 9.17) is 0 Å². The molecule has 2 aliphatic heterocycles. The topological polar surface area (TPSA) is 55.9 Å². The number of rotatable bonds is 5. The number of piperazine rings is 1. The van der Waals surface area contributed by atoms with Crippen molar-refractivity contribution >= 4 is 29.3 Å². The third-order valence-electron chi connectivity index (χ3n) is 6.05. The van der Waals surface area contributed by atoms with Crippen LogP contribution in [0.4, 0.5) is 11.4 Å². The van der Waals surface area contributed by atoms with E-state index in [1.807, 2.05) is 42.5 Å². The fourth-order valence-corrected chi connectivity index (χ4v) is 4.19. The second kappa shape index (κ2) is 9.04.